The number of carbonyl (C=O) groups is 2. The Bertz CT molecular complexity index is 1750. The normalized spacial score (nSPS) is 12.1. The van der Waals surface area contributed by atoms with E-state index in [9.17, 15) is 18.0 Å². The number of carbonyl (C=O) groups excluding carboxylic acids is 2. The van der Waals surface area contributed by atoms with Crippen molar-refractivity contribution in [3.63, 3.8) is 0 Å². The number of rotatable bonds is 12. The predicted octanol–water partition coefficient (Wildman–Crippen LogP) is 7.32. The van der Waals surface area contributed by atoms with Gasteiger partial charge in [-0.05, 0) is 86.0 Å². The molecule has 0 aliphatic carbocycles. The summed E-state index contributed by atoms with van der Waals surface area (Å²) in [5, 5.41) is 3.94. The second-order valence-electron chi connectivity index (χ2n) is 10.9. The Morgan fingerprint density at radius 1 is 0.800 bits per heavy atom. The summed E-state index contributed by atoms with van der Waals surface area (Å²) in [6, 6.07) is 25.8. The van der Waals surface area contributed by atoms with Crippen molar-refractivity contribution in [3.8, 4) is 0 Å². The van der Waals surface area contributed by atoms with E-state index in [0.29, 0.717) is 26.3 Å². The molecule has 1 atom stereocenters. The average molecular weight is 687 g/mol. The van der Waals surface area contributed by atoms with Crippen LogP contribution in [0.3, 0.4) is 0 Å². The lowest BCUT2D eigenvalue weighted by Gasteiger charge is -2.34. The van der Waals surface area contributed by atoms with Crippen molar-refractivity contribution in [2.75, 3.05) is 10.8 Å². The lowest BCUT2D eigenvalue weighted by atomic mass is 10.0. The van der Waals surface area contributed by atoms with E-state index in [1.54, 1.807) is 36.4 Å². The van der Waals surface area contributed by atoms with Crippen LogP contribution in [0.1, 0.15) is 30.5 Å². The first-order chi connectivity index (χ1) is 21.3. The Kier molecular flexibility index (Phi) is 11.6. The van der Waals surface area contributed by atoms with Crippen molar-refractivity contribution in [3.05, 3.63) is 129 Å². The fourth-order valence-electron chi connectivity index (χ4n) is 4.81. The van der Waals surface area contributed by atoms with Crippen LogP contribution in [0.25, 0.3) is 0 Å². The highest BCUT2D eigenvalue weighted by molar-refractivity contribution is 7.92. The monoisotopic (exact) mass is 685 g/mol. The molecule has 236 valence electrons. The topological polar surface area (TPSA) is 86.8 Å². The number of nitrogens with zero attached hydrogens (tertiary/aromatic N) is 2. The quantitative estimate of drug-likeness (QED) is 0.169. The second-order valence-corrected chi connectivity index (χ2v) is 14.1. The molecule has 4 rings (SSSR count). The molecule has 0 unspecified atom stereocenters. The molecular weight excluding hydrogens is 653 g/mol. The van der Waals surface area contributed by atoms with Gasteiger partial charge in [0.25, 0.3) is 10.0 Å². The molecule has 4 aromatic carbocycles. The van der Waals surface area contributed by atoms with Crippen molar-refractivity contribution >= 4 is 62.3 Å². The summed E-state index contributed by atoms with van der Waals surface area (Å²) in [7, 11) is -4.24. The van der Waals surface area contributed by atoms with Crippen LogP contribution in [0, 0.1) is 6.92 Å². The van der Waals surface area contributed by atoms with Gasteiger partial charge in [-0.15, -0.1) is 0 Å². The van der Waals surface area contributed by atoms with Gasteiger partial charge in [-0.1, -0.05) is 83.3 Å². The standard InChI is InChI=1S/C34H34Cl3N3O4S/c1-23(2)38-34(42)32(20-25-9-5-4-6-10-25)39(21-26-12-17-30(36)31(37)19-26)33(41)22-40(28-11-7-8-24(3)18-28)45(43,44)29-15-13-27(35)14-16-29/h4-19,23,32H,20-22H2,1-3H3,(H,38,42)/t32-/m0/s1. The van der Waals surface area contributed by atoms with E-state index in [-0.39, 0.29) is 29.8 Å². The van der Waals surface area contributed by atoms with Crippen LogP contribution >= 0.6 is 34.8 Å². The maximum Gasteiger partial charge on any atom is 0.264 e. The zero-order valence-electron chi connectivity index (χ0n) is 25.1. The number of hydrogen-bond donors (Lipinski definition) is 1. The molecule has 7 nitrogen and oxygen atoms in total. The van der Waals surface area contributed by atoms with E-state index in [2.05, 4.69) is 5.32 Å². The average Bonchev–Trinajstić information content (AvgIpc) is 2.99. The highest BCUT2D eigenvalue weighted by Crippen LogP contribution is 2.28. The van der Waals surface area contributed by atoms with Gasteiger partial charge in [-0.2, -0.15) is 0 Å². The maximum absolute atomic E-state index is 14.5. The fourth-order valence-corrected chi connectivity index (χ4v) is 6.67. The van der Waals surface area contributed by atoms with Crippen molar-refractivity contribution in [1.82, 2.24) is 10.2 Å². The van der Waals surface area contributed by atoms with Gasteiger partial charge in [0, 0.05) is 24.0 Å². The fraction of sp³-hybridized carbons (Fsp3) is 0.235. The van der Waals surface area contributed by atoms with Crippen LogP contribution in [-0.2, 0) is 32.6 Å². The number of sulfonamides is 1. The van der Waals surface area contributed by atoms with Crippen LogP contribution in [0.2, 0.25) is 15.1 Å². The zero-order valence-corrected chi connectivity index (χ0v) is 28.2. The molecule has 0 fully saturated rings. The SMILES string of the molecule is Cc1cccc(N(CC(=O)N(Cc2ccc(Cl)c(Cl)c2)[C@@H](Cc2ccccc2)C(=O)NC(C)C)S(=O)(=O)c2ccc(Cl)cc2)c1. The third kappa shape index (κ3) is 9.01. The van der Waals surface area contributed by atoms with E-state index < -0.39 is 28.5 Å². The lowest BCUT2D eigenvalue weighted by molar-refractivity contribution is -0.140. The summed E-state index contributed by atoms with van der Waals surface area (Å²) < 4.78 is 29.3. The summed E-state index contributed by atoms with van der Waals surface area (Å²) in [4.78, 5) is 29.6. The number of aryl methyl sites for hydroxylation is 1. The Morgan fingerprint density at radius 2 is 1.49 bits per heavy atom. The van der Waals surface area contributed by atoms with Crippen molar-refractivity contribution in [2.24, 2.45) is 0 Å². The molecule has 1 N–H and O–H groups in total. The van der Waals surface area contributed by atoms with E-state index in [1.807, 2.05) is 57.2 Å². The van der Waals surface area contributed by atoms with Gasteiger partial charge >= 0.3 is 0 Å². The number of hydrogen-bond acceptors (Lipinski definition) is 4. The largest absolute Gasteiger partial charge is 0.352 e. The highest BCUT2D eigenvalue weighted by atomic mass is 35.5. The van der Waals surface area contributed by atoms with Gasteiger partial charge in [0.15, 0.2) is 0 Å². The van der Waals surface area contributed by atoms with Gasteiger partial charge < -0.3 is 10.2 Å². The number of anilines is 1. The minimum absolute atomic E-state index is 0.0264. The Morgan fingerprint density at radius 3 is 2.11 bits per heavy atom. The minimum Gasteiger partial charge on any atom is -0.352 e. The zero-order chi connectivity index (χ0) is 32.7. The Balaban J connectivity index is 1.82. The van der Waals surface area contributed by atoms with Crippen LogP contribution < -0.4 is 9.62 Å². The summed E-state index contributed by atoms with van der Waals surface area (Å²) >= 11 is 18.5. The van der Waals surface area contributed by atoms with Gasteiger partial charge in [-0.3, -0.25) is 13.9 Å². The minimum atomic E-state index is -4.24. The lowest BCUT2D eigenvalue weighted by Crippen LogP contribution is -2.54. The summed E-state index contributed by atoms with van der Waals surface area (Å²) in [5.74, 6) is -0.954. The number of halogens is 3. The summed E-state index contributed by atoms with van der Waals surface area (Å²) in [6.45, 7) is 4.90. The summed E-state index contributed by atoms with van der Waals surface area (Å²) in [6.07, 6.45) is 0.195. The van der Waals surface area contributed by atoms with Crippen LogP contribution in [-0.4, -0.2) is 43.8 Å². The molecule has 0 aliphatic heterocycles. The van der Waals surface area contributed by atoms with E-state index in [1.165, 1.54) is 29.2 Å². The summed E-state index contributed by atoms with van der Waals surface area (Å²) in [5.41, 5.74) is 2.56. The first kappa shape index (κ1) is 34.3. The molecule has 0 saturated carbocycles. The number of benzene rings is 4. The molecule has 0 saturated heterocycles. The molecular formula is C34H34Cl3N3O4S. The smallest absolute Gasteiger partial charge is 0.264 e. The van der Waals surface area contributed by atoms with Crippen LogP contribution in [0.4, 0.5) is 5.69 Å². The van der Waals surface area contributed by atoms with Crippen molar-refractivity contribution < 1.29 is 18.0 Å². The molecule has 0 radical (unpaired) electrons. The van der Waals surface area contributed by atoms with Crippen LogP contribution in [0.5, 0.6) is 0 Å². The Labute approximate surface area is 279 Å². The van der Waals surface area contributed by atoms with Crippen LogP contribution in [0.15, 0.2) is 102 Å². The first-order valence-corrected chi connectivity index (χ1v) is 16.8. The van der Waals surface area contributed by atoms with Crippen molar-refractivity contribution in [1.29, 1.82) is 0 Å². The molecule has 0 heterocycles. The van der Waals surface area contributed by atoms with Gasteiger partial charge in [0.05, 0.1) is 20.6 Å². The maximum atomic E-state index is 14.5. The van der Waals surface area contributed by atoms with Gasteiger partial charge in [0.2, 0.25) is 11.8 Å². The molecule has 0 aromatic heterocycles. The third-order valence-corrected chi connectivity index (χ3v) is 9.79. The third-order valence-electron chi connectivity index (χ3n) is 7.01. The molecule has 2 amide bonds. The second kappa shape index (κ2) is 15.1. The molecule has 0 aliphatic rings. The molecule has 4 aromatic rings. The van der Waals surface area contributed by atoms with E-state index in [4.69, 9.17) is 34.8 Å². The molecule has 45 heavy (non-hydrogen) atoms. The molecule has 0 bridgehead atoms. The van der Waals surface area contributed by atoms with E-state index >= 15 is 0 Å². The Hall–Kier alpha value is -3.56. The van der Waals surface area contributed by atoms with Gasteiger partial charge in [0.1, 0.15) is 12.6 Å². The first-order valence-electron chi connectivity index (χ1n) is 14.3. The molecule has 0 spiro atoms. The highest BCUT2D eigenvalue weighted by Gasteiger charge is 2.35. The number of nitrogens with one attached hydrogen (secondary N) is 1. The predicted molar refractivity (Wildman–Crippen MR) is 181 cm³/mol. The van der Waals surface area contributed by atoms with Gasteiger partial charge in [-0.25, -0.2) is 8.42 Å². The molecule has 11 heteroatoms. The van der Waals surface area contributed by atoms with E-state index in [0.717, 1.165) is 15.4 Å². The number of amides is 2. The van der Waals surface area contributed by atoms with Crippen molar-refractivity contribution in [2.45, 2.75) is 50.7 Å².